The van der Waals surface area contributed by atoms with E-state index in [1.165, 1.54) is 29.2 Å². The van der Waals surface area contributed by atoms with Crippen LogP contribution in [0.1, 0.15) is 58.3 Å². The Labute approximate surface area is 256 Å². The number of carbonyl (C=O) groups excluding carboxylic acids is 1. The predicted octanol–water partition coefficient (Wildman–Crippen LogP) is 1.35. The first kappa shape index (κ1) is 34.0. The smallest absolute Gasteiger partial charge is 0.259 e. The van der Waals surface area contributed by atoms with Crippen molar-refractivity contribution in [3.05, 3.63) is 44.6 Å². The molecule has 0 radical (unpaired) electrons. The number of hydrogen-bond donors (Lipinski definition) is 4. The van der Waals surface area contributed by atoms with Gasteiger partial charge in [0.2, 0.25) is 0 Å². The largest absolute Gasteiger partial charge is 0.394 e. The van der Waals surface area contributed by atoms with Crippen molar-refractivity contribution >= 4 is 27.2 Å². The third kappa shape index (κ3) is 9.10. The first-order valence-corrected chi connectivity index (χ1v) is 17.0. The summed E-state index contributed by atoms with van der Waals surface area (Å²) in [5, 5.41) is 35.8. The van der Waals surface area contributed by atoms with Gasteiger partial charge in [-0.25, -0.2) is 14.3 Å². The van der Waals surface area contributed by atoms with Gasteiger partial charge in [0.25, 0.3) is 5.91 Å². The number of hydrogen-bond acceptors (Lipinski definition) is 11. The molecular weight excluding hydrogens is 598 g/mol. The molecule has 0 saturated heterocycles. The Morgan fingerprint density at radius 1 is 0.977 bits per heavy atom. The number of rotatable bonds is 18. The fourth-order valence-electron chi connectivity index (χ4n) is 5.48. The van der Waals surface area contributed by atoms with Crippen molar-refractivity contribution in [2.45, 2.75) is 68.3 Å². The minimum atomic E-state index is -3.72. The van der Waals surface area contributed by atoms with Crippen molar-refractivity contribution < 1.29 is 43.3 Å². The van der Waals surface area contributed by atoms with Gasteiger partial charge in [0.1, 0.15) is 14.8 Å². The van der Waals surface area contributed by atoms with Gasteiger partial charge in [-0.3, -0.25) is 4.79 Å². The van der Waals surface area contributed by atoms with Crippen LogP contribution < -0.4 is 5.14 Å². The second-order valence-corrected chi connectivity index (χ2v) is 13.9. The summed E-state index contributed by atoms with van der Waals surface area (Å²) in [6.07, 6.45) is 6.03. The van der Waals surface area contributed by atoms with Gasteiger partial charge in [0, 0.05) is 0 Å². The van der Waals surface area contributed by atoms with E-state index in [1.807, 2.05) is 0 Å². The molecule has 4 rings (SSSR count). The fraction of sp³-hybridized carbons (Fsp3) is 0.655. The van der Waals surface area contributed by atoms with E-state index < -0.39 is 28.0 Å². The molecule has 2 unspecified atom stereocenters. The van der Waals surface area contributed by atoms with E-state index in [0.29, 0.717) is 26.4 Å². The molecule has 2 aromatic rings. The zero-order valence-electron chi connectivity index (χ0n) is 24.7. The van der Waals surface area contributed by atoms with Crippen LogP contribution in [0.5, 0.6) is 0 Å². The number of amides is 1. The molecule has 2 aliphatic rings. The van der Waals surface area contributed by atoms with E-state index in [4.69, 9.17) is 29.2 Å². The molecule has 5 N–H and O–H groups in total. The highest BCUT2D eigenvalue weighted by Gasteiger charge is 2.32. The normalized spacial score (nSPS) is 17.0. The lowest BCUT2D eigenvalue weighted by molar-refractivity contribution is -0.117. The van der Waals surface area contributed by atoms with Crippen molar-refractivity contribution in [1.82, 2.24) is 4.98 Å². The van der Waals surface area contributed by atoms with Crippen molar-refractivity contribution in [2.24, 2.45) is 9.50 Å². The van der Waals surface area contributed by atoms with Gasteiger partial charge in [-0.1, -0.05) is 6.07 Å². The lowest BCUT2D eigenvalue weighted by Crippen LogP contribution is -2.28. The van der Waals surface area contributed by atoms with Crippen molar-refractivity contribution in [1.29, 1.82) is 0 Å². The molecule has 0 aliphatic heterocycles. The molecule has 43 heavy (non-hydrogen) atoms. The number of aryl methyl sites for hydroxylation is 2. The molecule has 2 aliphatic carbocycles. The second kappa shape index (κ2) is 15.9. The molecule has 12 nitrogen and oxygen atoms in total. The fourth-order valence-corrected chi connectivity index (χ4v) is 8.04. The molecule has 2 atom stereocenters. The second-order valence-electron chi connectivity index (χ2n) is 10.9. The van der Waals surface area contributed by atoms with Gasteiger partial charge in [0.15, 0.2) is 9.92 Å². The summed E-state index contributed by atoms with van der Waals surface area (Å²) in [4.78, 5) is 17.4. The molecule has 240 valence electrons. The minimum absolute atomic E-state index is 0.0101. The third-order valence-corrected chi connectivity index (χ3v) is 10.8. The number of aliphatic hydroxyl groups excluding tert-OH is 2. The summed E-state index contributed by atoms with van der Waals surface area (Å²) in [5.41, 5.74) is 4.49. The molecule has 1 amide bonds. The van der Waals surface area contributed by atoms with Gasteiger partial charge >= 0.3 is 0 Å². The summed E-state index contributed by atoms with van der Waals surface area (Å²) < 4.78 is 38.9. The average Bonchev–Trinajstić information content (AvgIpc) is 3.73. The Morgan fingerprint density at radius 2 is 1.53 bits per heavy atom. The van der Waals surface area contributed by atoms with E-state index in [2.05, 4.69) is 15.4 Å². The van der Waals surface area contributed by atoms with Gasteiger partial charge in [0.05, 0.1) is 78.2 Å². The first-order valence-electron chi connectivity index (χ1n) is 14.6. The van der Waals surface area contributed by atoms with Crippen LogP contribution in [0.3, 0.4) is 0 Å². The lowest BCUT2D eigenvalue weighted by atomic mass is 9.92. The van der Waals surface area contributed by atoms with Crippen LogP contribution in [0, 0.1) is 0 Å². The lowest BCUT2D eigenvalue weighted by Gasteiger charge is -2.20. The number of ether oxygens (including phenoxy) is 4. The molecule has 0 spiro atoms. The number of aliphatic hydroxyl groups is 3. The zero-order valence-corrected chi connectivity index (χ0v) is 26.3. The van der Waals surface area contributed by atoms with E-state index in [9.17, 15) is 19.2 Å². The van der Waals surface area contributed by atoms with E-state index in [1.54, 1.807) is 0 Å². The topological polar surface area (TPSA) is 183 Å². The Hall–Kier alpha value is -1.85. The number of nitrogens with two attached hydrogens (primary N) is 1. The van der Waals surface area contributed by atoms with Crippen LogP contribution in [0.15, 0.2) is 14.6 Å². The average molecular weight is 642 g/mol. The quantitative estimate of drug-likeness (QED) is 0.173. The number of aromatic nitrogens is 1. The van der Waals surface area contributed by atoms with Gasteiger partial charge < -0.3 is 34.3 Å². The van der Waals surface area contributed by atoms with Crippen molar-refractivity contribution in [3.8, 4) is 0 Å². The third-order valence-electron chi connectivity index (χ3n) is 7.44. The van der Waals surface area contributed by atoms with E-state index in [0.717, 1.165) is 55.4 Å². The number of fused-ring (bicyclic) bond motifs is 2. The van der Waals surface area contributed by atoms with Gasteiger partial charge in [-0.05, 0) is 73.3 Å². The molecular formula is C29H43N3O9S2. The Balaban J connectivity index is 1.32. The zero-order chi connectivity index (χ0) is 30.9. The number of nitrogens with zero attached hydrogens (tertiary/aromatic N) is 2. The molecule has 1 aromatic heterocycles. The van der Waals surface area contributed by atoms with Crippen LogP contribution in [0.25, 0.3) is 0 Å². The standard InChI is InChI=1S/C29H43N3O9S2/c1-29(36,19-41-15-14-40-13-12-39-11-10-38-9-8-33)28-31-25(18-34)27(42-28)43(30,37)32-26(35)17-24-22-6-2-4-20(22)16-21-5-3-7-23(21)24/h16,33-34,36H,2-15,17-19H2,1H3,(H2,30,32,35,37). The predicted molar refractivity (Wildman–Crippen MR) is 160 cm³/mol. The molecule has 0 fully saturated rings. The number of carbonyl (C=O) groups is 1. The first-order chi connectivity index (χ1) is 20.7. The molecule has 0 saturated carbocycles. The highest BCUT2D eigenvalue weighted by Crippen LogP contribution is 2.36. The summed E-state index contributed by atoms with van der Waals surface area (Å²) in [6.45, 7) is 3.04. The highest BCUT2D eigenvalue weighted by molar-refractivity contribution is 7.93. The Bertz CT molecular complexity index is 1340. The van der Waals surface area contributed by atoms with Gasteiger partial charge in [-0.2, -0.15) is 0 Å². The SMILES string of the molecule is CC(O)(COCCOCCOCCOCCO)c1nc(CO)c(S(N)(=O)=NC(=O)Cc2c3c(cc4c2CCC4)CCC3)s1. The summed E-state index contributed by atoms with van der Waals surface area (Å²) in [5.74, 6) is -0.573. The van der Waals surface area contributed by atoms with Crippen molar-refractivity contribution in [2.75, 3.05) is 59.5 Å². The van der Waals surface area contributed by atoms with Crippen LogP contribution in [0.2, 0.25) is 0 Å². The van der Waals surface area contributed by atoms with Crippen molar-refractivity contribution in [3.63, 3.8) is 0 Å². The Kier molecular flexibility index (Phi) is 12.6. The van der Waals surface area contributed by atoms with Crippen LogP contribution in [0.4, 0.5) is 0 Å². The number of thiazole rings is 1. The van der Waals surface area contributed by atoms with E-state index >= 15 is 0 Å². The molecule has 1 heterocycles. The maximum absolute atomic E-state index is 13.5. The number of benzene rings is 1. The summed E-state index contributed by atoms with van der Waals surface area (Å²) in [6, 6.07) is 2.29. The molecule has 14 heteroatoms. The molecule has 0 bridgehead atoms. The Morgan fingerprint density at radius 3 is 2.09 bits per heavy atom. The van der Waals surface area contributed by atoms with Crippen LogP contribution >= 0.6 is 11.3 Å². The summed E-state index contributed by atoms with van der Waals surface area (Å²) in [7, 11) is -3.72. The van der Waals surface area contributed by atoms with Crippen LogP contribution in [-0.4, -0.2) is 89.9 Å². The molecule has 1 aromatic carbocycles. The van der Waals surface area contributed by atoms with Crippen LogP contribution in [-0.2, 0) is 78.0 Å². The maximum Gasteiger partial charge on any atom is 0.259 e. The maximum atomic E-state index is 13.5. The highest BCUT2D eigenvalue weighted by atomic mass is 32.2. The summed E-state index contributed by atoms with van der Waals surface area (Å²) >= 11 is 0.851. The van der Waals surface area contributed by atoms with E-state index in [-0.39, 0.29) is 54.4 Å². The monoisotopic (exact) mass is 641 g/mol. The van der Waals surface area contributed by atoms with Gasteiger partial charge in [-0.15, -0.1) is 15.7 Å². The minimum Gasteiger partial charge on any atom is -0.394 e.